The fraction of sp³-hybridized carbons (Fsp3) is 0.857. The Labute approximate surface area is 125 Å². The molecule has 0 saturated carbocycles. The lowest BCUT2D eigenvalue weighted by Crippen LogP contribution is -2.51. The van der Waals surface area contributed by atoms with Gasteiger partial charge in [0.1, 0.15) is 6.61 Å². The Morgan fingerprint density at radius 1 is 1.14 bits per heavy atom. The van der Waals surface area contributed by atoms with Gasteiger partial charge in [-0.05, 0) is 25.9 Å². The lowest BCUT2D eigenvalue weighted by Gasteiger charge is -2.34. The number of amides is 1. The maximum absolute atomic E-state index is 12.1. The Balaban J connectivity index is 1.64. The molecule has 7 heteroatoms. The van der Waals surface area contributed by atoms with Crippen LogP contribution in [0.3, 0.4) is 0 Å². The highest BCUT2D eigenvalue weighted by atomic mass is 16.5. The molecule has 7 nitrogen and oxygen atoms in total. The summed E-state index contributed by atoms with van der Waals surface area (Å²) in [7, 11) is 1.39. The number of ether oxygens (including phenoxy) is 2. The Bertz CT molecular complexity index is 350. The topological polar surface area (TPSA) is 71.1 Å². The van der Waals surface area contributed by atoms with Gasteiger partial charge < -0.3 is 19.7 Å². The summed E-state index contributed by atoms with van der Waals surface area (Å²) < 4.78 is 10.3. The zero-order chi connectivity index (χ0) is 15.1. The van der Waals surface area contributed by atoms with Gasteiger partial charge in [0, 0.05) is 26.2 Å². The second kappa shape index (κ2) is 8.31. The van der Waals surface area contributed by atoms with Crippen molar-refractivity contribution in [3.05, 3.63) is 0 Å². The number of hydrogen-bond acceptors (Lipinski definition) is 6. The molecule has 1 amide bonds. The van der Waals surface area contributed by atoms with Crippen molar-refractivity contribution in [3.8, 4) is 0 Å². The highest BCUT2D eigenvalue weighted by molar-refractivity contribution is 5.77. The summed E-state index contributed by atoms with van der Waals surface area (Å²) in [5.41, 5.74) is 0. The molecular weight excluding hydrogens is 274 g/mol. The molecule has 2 aliphatic heterocycles. The predicted octanol–water partition coefficient (Wildman–Crippen LogP) is -0.928. The summed E-state index contributed by atoms with van der Waals surface area (Å²) in [6, 6.07) is 0. The molecule has 0 aromatic heterocycles. The van der Waals surface area contributed by atoms with Crippen LogP contribution in [0, 0.1) is 0 Å². The fourth-order valence-corrected chi connectivity index (χ4v) is 2.65. The molecule has 0 unspecified atom stereocenters. The molecule has 0 bridgehead atoms. The first kappa shape index (κ1) is 16.2. The molecule has 2 aliphatic rings. The molecule has 2 rings (SSSR count). The fourth-order valence-electron chi connectivity index (χ4n) is 2.65. The molecule has 1 N–H and O–H groups in total. The molecule has 0 radical (unpaired) electrons. The van der Waals surface area contributed by atoms with Crippen LogP contribution in [0.4, 0.5) is 0 Å². The van der Waals surface area contributed by atoms with Gasteiger partial charge >= 0.3 is 5.97 Å². The van der Waals surface area contributed by atoms with Gasteiger partial charge in [0.2, 0.25) is 5.91 Å². The van der Waals surface area contributed by atoms with Crippen molar-refractivity contribution in [2.45, 2.75) is 18.9 Å². The van der Waals surface area contributed by atoms with Crippen LogP contribution in [0.15, 0.2) is 0 Å². The smallest absolute Gasteiger partial charge is 0.319 e. The molecule has 0 atom stereocenters. The van der Waals surface area contributed by atoms with Crippen LogP contribution in [0.25, 0.3) is 0 Å². The molecule has 0 aliphatic carbocycles. The Kier molecular flexibility index (Phi) is 6.41. The third kappa shape index (κ3) is 5.26. The molecule has 0 aromatic rings. The van der Waals surface area contributed by atoms with Crippen molar-refractivity contribution in [2.24, 2.45) is 0 Å². The van der Waals surface area contributed by atoms with E-state index < -0.39 is 0 Å². The number of hydrogen-bond donors (Lipinski definition) is 1. The number of carbonyl (C=O) groups is 2. The standard InChI is InChI=1S/C14H25N3O4/c1-20-14(19)10-16-6-8-17(9-7-16)13(18)11-21-12-2-4-15-5-3-12/h12,15H,2-11H2,1H3. The van der Waals surface area contributed by atoms with E-state index in [2.05, 4.69) is 10.1 Å². The van der Waals surface area contributed by atoms with E-state index in [0.29, 0.717) is 32.7 Å². The van der Waals surface area contributed by atoms with Gasteiger partial charge in [-0.2, -0.15) is 0 Å². The molecule has 0 spiro atoms. The second-order valence-corrected chi connectivity index (χ2v) is 5.49. The van der Waals surface area contributed by atoms with E-state index in [0.717, 1.165) is 25.9 Å². The Hall–Kier alpha value is -1.18. The Morgan fingerprint density at radius 2 is 1.81 bits per heavy atom. The first-order chi connectivity index (χ1) is 10.2. The first-order valence-corrected chi connectivity index (χ1v) is 7.58. The summed E-state index contributed by atoms with van der Waals surface area (Å²) in [4.78, 5) is 27.1. The summed E-state index contributed by atoms with van der Waals surface area (Å²) in [5, 5.41) is 3.27. The van der Waals surface area contributed by atoms with Crippen molar-refractivity contribution >= 4 is 11.9 Å². The van der Waals surface area contributed by atoms with Crippen LogP contribution in [0.2, 0.25) is 0 Å². The zero-order valence-corrected chi connectivity index (χ0v) is 12.7. The molecule has 120 valence electrons. The second-order valence-electron chi connectivity index (χ2n) is 5.49. The molecule has 2 saturated heterocycles. The van der Waals surface area contributed by atoms with Crippen LogP contribution in [-0.4, -0.2) is 87.3 Å². The van der Waals surface area contributed by atoms with Crippen LogP contribution < -0.4 is 5.32 Å². The molecule has 0 aromatic carbocycles. The summed E-state index contributed by atoms with van der Waals surface area (Å²) >= 11 is 0. The maximum atomic E-state index is 12.1. The zero-order valence-electron chi connectivity index (χ0n) is 12.7. The van der Waals surface area contributed by atoms with Crippen molar-refractivity contribution in [1.29, 1.82) is 0 Å². The normalized spacial score (nSPS) is 21.3. The van der Waals surface area contributed by atoms with E-state index >= 15 is 0 Å². The molecule has 2 fully saturated rings. The number of nitrogens with zero attached hydrogens (tertiary/aromatic N) is 2. The predicted molar refractivity (Wildman–Crippen MR) is 76.9 cm³/mol. The van der Waals surface area contributed by atoms with Gasteiger partial charge in [-0.1, -0.05) is 0 Å². The van der Waals surface area contributed by atoms with Crippen molar-refractivity contribution < 1.29 is 19.1 Å². The molecular formula is C14H25N3O4. The lowest BCUT2D eigenvalue weighted by molar-refractivity contribution is -0.144. The first-order valence-electron chi connectivity index (χ1n) is 7.58. The average molecular weight is 299 g/mol. The average Bonchev–Trinajstić information content (AvgIpc) is 2.54. The van der Waals surface area contributed by atoms with Crippen molar-refractivity contribution in [1.82, 2.24) is 15.1 Å². The largest absolute Gasteiger partial charge is 0.468 e. The minimum atomic E-state index is -0.232. The maximum Gasteiger partial charge on any atom is 0.319 e. The van der Waals surface area contributed by atoms with E-state index in [-0.39, 0.29) is 24.6 Å². The van der Waals surface area contributed by atoms with Gasteiger partial charge in [-0.25, -0.2) is 0 Å². The SMILES string of the molecule is COC(=O)CN1CCN(C(=O)COC2CCNCC2)CC1. The van der Waals surface area contributed by atoms with E-state index in [1.807, 2.05) is 9.80 Å². The van der Waals surface area contributed by atoms with Gasteiger partial charge in [0.05, 0.1) is 19.8 Å². The van der Waals surface area contributed by atoms with Gasteiger partial charge in [0.15, 0.2) is 0 Å². The van der Waals surface area contributed by atoms with Crippen LogP contribution in [-0.2, 0) is 19.1 Å². The molecule has 2 heterocycles. The van der Waals surface area contributed by atoms with E-state index in [1.165, 1.54) is 7.11 Å². The minimum Gasteiger partial charge on any atom is -0.468 e. The van der Waals surface area contributed by atoms with E-state index in [4.69, 9.17) is 4.74 Å². The van der Waals surface area contributed by atoms with Crippen LogP contribution >= 0.6 is 0 Å². The number of nitrogens with one attached hydrogen (secondary N) is 1. The lowest BCUT2D eigenvalue weighted by atomic mass is 10.1. The number of carbonyl (C=O) groups excluding carboxylic acids is 2. The van der Waals surface area contributed by atoms with Crippen LogP contribution in [0.5, 0.6) is 0 Å². The monoisotopic (exact) mass is 299 g/mol. The number of methoxy groups -OCH3 is 1. The summed E-state index contributed by atoms with van der Waals surface area (Å²) in [6.45, 7) is 5.08. The summed E-state index contributed by atoms with van der Waals surface area (Å²) in [6.07, 6.45) is 2.15. The van der Waals surface area contributed by atoms with E-state index in [9.17, 15) is 9.59 Å². The third-order valence-electron chi connectivity index (χ3n) is 4.03. The minimum absolute atomic E-state index is 0.0475. The third-order valence-corrected chi connectivity index (χ3v) is 4.03. The van der Waals surface area contributed by atoms with E-state index in [1.54, 1.807) is 0 Å². The highest BCUT2D eigenvalue weighted by Gasteiger charge is 2.23. The van der Waals surface area contributed by atoms with Gasteiger partial charge in [-0.15, -0.1) is 0 Å². The van der Waals surface area contributed by atoms with Crippen molar-refractivity contribution in [3.63, 3.8) is 0 Å². The van der Waals surface area contributed by atoms with Crippen molar-refractivity contribution in [2.75, 3.05) is 59.5 Å². The molecule has 21 heavy (non-hydrogen) atoms. The number of rotatable bonds is 5. The number of piperazine rings is 1. The number of piperidine rings is 1. The number of esters is 1. The van der Waals surface area contributed by atoms with Gasteiger partial charge in [-0.3, -0.25) is 14.5 Å². The quantitative estimate of drug-likeness (QED) is 0.662. The summed E-state index contributed by atoms with van der Waals surface area (Å²) in [5.74, 6) is -0.185. The van der Waals surface area contributed by atoms with Gasteiger partial charge in [0.25, 0.3) is 0 Å². The highest BCUT2D eigenvalue weighted by Crippen LogP contribution is 2.08. The van der Waals surface area contributed by atoms with Crippen LogP contribution in [0.1, 0.15) is 12.8 Å². The Morgan fingerprint density at radius 3 is 2.43 bits per heavy atom.